The minimum absolute atomic E-state index is 0.128. The molecule has 10 nitrogen and oxygen atoms in total. The van der Waals surface area contributed by atoms with Crippen LogP contribution in [0.5, 0.6) is 11.6 Å². The van der Waals surface area contributed by atoms with Gasteiger partial charge in [-0.3, -0.25) is 4.79 Å². The van der Waals surface area contributed by atoms with Crippen LogP contribution < -0.4 is 14.8 Å². The summed E-state index contributed by atoms with van der Waals surface area (Å²) in [5, 5.41) is 22.1. The summed E-state index contributed by atoms with van der Waals surface area (Å²) in [5.74, 6) is 5.74. The first-order valence-corrected chi connectivity index (χ1v) is 12.1. The molecule has 3 rings (SSSR count). The number of ether oxygens (including phenoxy) is 2. The average Bonchev–Trinajstić information content (AvgIpc) is 2.89. The van der Waals surface area contributed by atoms with E-state index >= 15 is 0 Å². The lowest BCUT2D eigenvalue weighted by Gasteiger charge is -2.37. The van der Waals surface area contributed by atoms with E-state index in [4.69, 9.17) is 9.47 Å². The van der Waals surface area contributed by atoms with Crippen LogP contribution in [0.3, 0.4) is 0 Å². The Morgan fingerprint density at radius 1 is 1.35 bits per heavy atom. The van der Waals surface area contributed by atoms with E-state index in [-0.39, 0.29) is 42.5 Å². The largest absolute Gasteiger partial charge is 0.497 e. The lowest BCUT2D eigenvalue weighted by atomic mass is 10.00. The van der Waals surface area contributed by atoms with Crippen molar-refractivity contribution in [2.45, 2.75) is 39.0 Å². The van der Waals surface area contributed by atoms with Crippen molar-refractivity contribution in [3.05, 3.63) is 47.7 Å². The normalized spacial score (nSPS) is 18.7. The molecule has 1 aromatic carbocycles. The number of amides is 3. The Bertz CT molecular complexity index is 1160. The van der Waals surface area contributed by atoms with E-state index < -0.39 is 18.2 Å². The first-order chi connectivity index (χ1) is 17.6. The number of fused-ring (bicyclic) bond motifs is 1. The van der Waals surface area contributed by atoms with Gasteiger partial charge in [0, 0.05) is 37.0 Å². The molecule has 198 valence electrons. The highest BCUT2D eigenvalue weighted by Crippen LogP contribution is 2.27. The van der Waals surface area contributed by atoms with Gasteiger partial charge in [0.15, 0.2) is 0 Å². The maximum Gasteiger partial charge on any atom is 0.321 e. The number of rotatable bonds is 6. The number of aromatic nitrogens is 1. The van der Waals surface area contributed by atoms with E-state index in [0.29, 0.717) is 23.5 Å². The zero-order chi connectivity index (χ0) is 27.1. The molecule has 0 aliphatic carbocycles. The van der Waals surface area contributed by atoms with Crippen molar-refractivity contribution < 1.29 is 29.3 Å². The molecule has 0 saturated carbocycles. The molecule has 37 heavy (non-hydrogen) atoms. The van der Waals surface area contributed by atoms with Crippen LogP contribution in [0.2, 0.25) is 0 Å². The number of carbonyl (C=O) groups excluding carboxylic acids is 2. The summed E-state index contributed by atoms with van der Waals surface area (Å²) in [6.07, 6.45) is 0.156. The highest BCUT2D eigenvalue weighted by Gasteiger charge is 2.34. The van der Waals surface area contributed by atoms with Crippen LogP contribution in [0, 0.1) is 17.8 Å². The van der Waals surface area contributed by atoms with Crippen LogP contribution in [-0.4, -0.2) is 89.0 Å². The third-order valence-electron chi connectivity index (χ3n) is 6.09. The lowest BCUT2D eigenvalue weighted by Crippen LogP contribution is -2.50. The fraction of sp³-hybridized carbons (Fsp3) is 0.444. The Labute approximate surface area is 217 Å². The average molecular weight is 511 g/mol. The molecular weight excluding hydrogens is 476 g/mol. The van der Waals surface area contributed by atoms with E-state index in [2.05, 4.69) is 22.1 Å². The zero-order valence-electron chi connectivity index (χ0n) is 21.8. The van der Waals surface area contributed by atoms with Crippen molar-refractivity contribution >= 4 is 17.6 Å². The molecule has 10 heteroatoms. The summed E-state index contributed by atoms with van der Waals surface area (Å²) in [6, 6.07) is 7.82. The van der Waals surface area contributed by atoms with Gasteiger partial charge in [0.05, 0.1) is 26.3 Å². The highest BCUT2D eigenvalue weighted by atomic mass is 16.5. The molecule has 1 aliphatic rings. The number of likely N-dealkylation sites (N-methyl/N-ethyl adjacent to an activating group) is 1. The topological polar surface area (TPSA) is 124 Å². The van der Waals surface area contributed by atoms with Crippen LogP contribution in [0.1, 0.15) is 36.7 Å². The van der Waals surface area contributed by atoms with Crippen molar-refractivity contribution in [2.24, 2.45) is 5.92 Å². The fourth-order valence-electron chi connectivity index (χ4n) is 3.82. The first kappa shape index (κ1) is 27.8. The quantitative estimate of drug-likeness (QED) is 0.509. The Morgan fingerprint density at radius 2 is 2.05 bits per heavy atom. The molecule has 0 fully saturated rings. The van der Waals surface area contributed by atoms with Gasteiger partial charge in [-0.2, -0.15) is 0 Å². The molecule has 0 saturated heterocycles. The van der Waals surface area contributed by atoms with E-state index in [1.165, 1.54) is 11.1 Å². The van der Waals surface area contributed by atoms with Gasteiger partial charge in [-0.15, -0.1) is 0 Å². The Kier molecular flexibility index (Phi) is 9.33. The monoisotopic (exact) mass is 510 g/mol. The van der Waals surface area contributed by atoms with Crippen LogP contribution in [-0.2, 0) is 0 Å². The first-order valence-electron chi connectivity index (χ1n) is 12.1. The summed E-state index contributed by atoms with van der Waals surface area (Å²) in [4.78, 5) is 33.7. The molecule has 0 radical (unpaired) electrons. The molecule has 4 atom stereocenters. The second kappa shape index (κ2) is 12.4. The maximum absolute atomic E-state index is 13.4. The van der Waals surface area contributed by atoms with Gasteiger partial charge in [0.25, 0.3) is 5.91 Å². The summed E-state index contributed by atoms with van der Waals surface area (Å²) in [7, 11) is 3.24. The smallest absolute Gasteiger partial charge is 0.321 e. The van der Waals surface area contributed by atoms with Crippen LogP contribution in [0.25, 0.3) is 0 Å². The summed E-state index contributed by atoms with van der Waals surface area (Å²) in [5.41, 5.74) is 1.28. The number of hydrogen-bond acceptors (Lipinski definition) is 7. The minimum atomic E-state index is -0.829. The van der Waals surface area contributed by atoms with Crippen molar-refractivity contribution in [2.75, 3.05) is 39.2 Å². The standard InChI is InChI=1S/C27H34N4O6/c1-17-14-31(18(2)16-32)26(34)23-12-20(7-6-19(3)33)13-28-25(23)37-24(17)15-30(4)27(35)29-21-8-10-22(36-5)11-9-21/h8-13,17-19,24,32-33H,14-16H2,1-5H3,(H,29,35)/t17-,18-,19-,24+/m1/s1. The number of urea groups is 1. The predicted octanol–water partition coefficient (Wildman–Crippen LogP) is 2.21. The maximum atomic E-state index is 13.4. The third kappa shape index (κ3) is 7.12. The van der Waals surface area contributed by atoms with Gasteiger partial charge in [-0.25, -0.2) is 9.78 Å². The third-order valence-corrected chi connectivity index (χ3v) is 6.09. The number of anilines is 1. The zero-order valence-corrected chi connectivity index (χ0v) is 21.8. The summed E-state index contributed by atoms with van der Waals surface area (Å²) < 4.78 is 11.4. The van der Waals surface area contributed by atoms with E-state index in [9.17, 15) is 19.8 Å². The predicted molar refractivity (Wildman–Crippen MR) is 139 cm³/mol. The number of pyridine rings is 1. The molecule has 0 unspecified atom stereocenters. The van der Waals surface area contributed by atoms with Crippen molar-refractivity contribution in [1.82, 2.24) is 14.8 Å². The molecule has 3 N–H and O–H groups in total. The van der Waals surface area contributed by atoms with Gasteiger partial charge >= 0.3 is 6.03 Å². The second-order valence-electron chi connectivity index (χ2n) is 9.18. The summed E-state index contributed by atoms with van der Waals surface area (Å²) in [6.45, 7) is 5.56. The lowest BCUT2D eigenvalue weighted by molar-refractivity contribution is 0.0356. The number of aliphatic hydroxyl groups excluding tert-OH is 2. The van der Waals surface area contributed by atoms with Crippen molar-refractivity contribution in [3.8, 4) is 23.5 Å². The molecule has 1 aromatic heterocycles. The van der Waals surface area contributed by atoms with E-state index in [1.807, 2.05) is 6.92 Å². The van der Waals surface area contributed by atoms with Gasteiger partial charge < -0.3 is 34.8 Å². The Morgan fingerprint density at radius 3 is 2.68 bits per heavy atom. The molecular formula is C27H34N4O6. The number of methoxy groups -OCH3 is 1. The molecule has 2 aromatic rings. The molecule has 1 aliphatic heterocycles. The number of hydrogen-bond donors (Lipinski definition) is 3. The van der Waals surface area contributed by atoms with Crippen LogP contribution in [0.4, 0.5) is 10.5 Å². The number of nitrogens with one attached hydrogen (secondary N) is 1. The van der Waals surface area contributed by atoms with Crippen LogP contribution >= 0.6 is 0 Å². The molecule has 0 spiro atoms. The SMILES string of the molecule is COc1ccc(NC(=O)N(C)C[C@@H]2Oc3ncc(C#C[C@@H](C)O)cc3C(=O)N([C@H](C)CO)C[C@H]2C)cc1. The Balaban J connectivity index is 1.85. The van der Waals surface area contributed by atoms with Crippen molar-refractivity contribution in [3.63, 3.8) is 0 Å². The van der Waals surface area contributed by atoms with Gasteiger partial charge in [-0.05, 0) is 44.2 Å². The molecule has 0 bridgehead atoms. The number of carbonyl (C=O) groups is 2. The van der Waals surface area contributed by atoms with E-state index in [0.717, 1.165) is 0 Å². The highest BCUT2D eigenvalue weighted by molar-refractivity contribution is 5.97. The molecule has 3 amide bonds. The van der Waals surface area contributed by atoms with Crippen LogP contribution in [0.15, 0.2) is 36.5 Å². The molecule has 2 heterocycles. The Hall–Kier alpha value is -3.81. The van der Waals surface area contributed by atoms with Gasteiger partial charge in [0.1, 0.15) is 23.5 Å². The number of nitrogens with zero attached hydrogens (tertiary/aromatic N) is 3. The number of aliphatic hydroxyl groups is 2. The number of benzene rings is 1. The fourth-order valence-corrected chi connectivity index (χ4v) is 3.82. The minimum Gasteiger partial charge on any atom is -0.497 e. The van der Waals surface area contributed by atoms with Gasteiger partial charge in [-0.1, -0.05) is 18.8 Å². The van der Waals surface area contributed by atoms with E-state index in [1.54, 1.807) is 63.2 Å². The second-order valence-corrected chi connectivity index (χ2v) is 9.18. The van der Waals surface area contributed by atoms with Crippen molar-refractivity contribution in [1.29, 1.82) is 0 Å². The van der Waals surface area contributed by atoms with Gasteiger partial charge in [0.2, 0.25) is 5.88 Å². The summed E-state index contributed by atoms with van der Waals surface area (Å²) >= 11 is 0.